The van der Waals surface area contributed by atoms with Crippen molar-refractivity contribution in [3.8, 4) is 22.7 Å². The van der Waals surface area contributed by atoms with Gasteiger partial charge in [0.1, 0.15) is 5.75 Å². The predicted molar refractivity (Wildman–Crippen MR) is 98.5 cm³/mol. The quantitative estimate of drug-likeness (QED) is 0.638. The Labute approximate surface area is 147 Å². The molecule has 0 saturated heterocycles. The third kappa shape index (κ3) is 3.43. The number of benzene rings is 2. The second-order valence-corrected chi connectivity index (χ2v) is 5.73. The van der Waals surface area contributed by atoms with Gasteiger partial charge in [0, 0.05) is 11.9 Å². The van der Waals surface area contributed by atoms with Crippen molar-refractivity contribution in [2.75, 3.05) is 13.7 Å². The molecule has 3 rings (SSSR count). The summed E-state index contributed by atoms with van der Waals surface area (Å²) in [5.41, 5.74) is 4.46. The number of aromatic nitrogens is 1. The Morgan fingerprint density at radius 1 is 1.00 bits per heavy atom. The Morgan fingerprint density at radius 2 is 1.68 bits per heavy atom. The molecule has 0 aliphatic rings. The van der Waals surface area contributed by atoms with Crippen molar-refractivity contribution in [1.82, 2.24) is 4.57 Å². The lowest BCUT2D eigenvalue weighted by Gasteiger charge is -2.12. The van der Waals surface area contributed by atoms with Crippen LogP contribution in [0, 0.1) is 6.92 Å². The number of rotatable bonds is 5. The van der Waals surface area contributed by atoms with E-state index in [-0.39, 0.29) is 5.97 Å². The van der Waals surface area contributed by atoms with E-state index in [1.165, 1.54) is 5.56 Å². The van der Waals surface area contributed by atoms with Gasteiger partial charge in [-0.1, -0.05) is 17.7 Å². The summed E-state index contributed by atoms with van der Waals surface area (Å²) in [4.78, 5) is 12.4. The number of aryl methyl sites for hydroxylation is 1. The molecule has 2 aromatic carbocycles. The molecule has 0 radical (unpaired) electrons. The van der Waals surface area contributed by atoms with Crippen LogP contribution in [0.4, 0.5) is 0 Å². The van der Waals surface area contributed by atoms with E-state index in [1.807, 2.05) is 61.0 Å². The molecule has 1 aromatic heterocycles. The molecule has 0 atom stereocenters. The summed E-state index contributed by atoms with van der Waals surface area (Å²) in [5, 5.41) is 0. The Bertz CT molecular complexity index is 861. The summed E-state index contributed by atoms with van der Waals surface area (Å²) in [7, 11) is 1.63. The molecule has 0 spiro atoms. The maximum Gasteiger partial charge on any atom is 0.340 e. The molecule has 3 aromatic rings. The van der Waals surface area contributed by atoms with E-state index in [9.17, 15) is 4.79 Å². The average Bonchev–Trinajstić information content (AvgIpc) is 3.08. The van der Waals surface area contributed by atoms with Gasteiger partial charge in [0.25, 0.3) is 0 Å². The normalized spacial score (nSPS) is 10.5. The SMILES string of the molecule is CCOC(=O)c1ccn(-c2ccc(C)cc2)c1-c1ccc(OC)cc1. The molecule has 4 nitrogen and oxygen atoms in total. The number of methoxy groups -OCH3 is 1. The van der Waals surface area contributed by atoms with E-state index >= 15 is 0 Å². The molecule has 0 unspecified atom stereocenters. The van der Waals surface area contributed by atoms with Gasteiger partial charge in [-0.2, -0.15) is 0 Å². The summed E-state index contributed by atoms with van der Waals surface area (Å²) in [6, 6.07) is 17.6. The lowest BCUT2D eigenvalue weighted by molar-refractivity contribution is 0.0527. The van der Waals surface area contributed by atoms with Crippen LogP contribution in [0.5, 0.6) is 5.75 Å². The van der Waals surface area contributed by atoms with Gasteiger partial charge in [-0.3, -0.25) is 0 Å². The summed E-state index contributed by atoms with van der Waals surface area (Å²) in [6.45, 7) is 4.20. The maximum absolute atomic E-state index is 12.4. The predicted octanol–water partition coefficient (Wildman–Crippen LogP) is 4.64. The molecule has 0 amide bonds. The Hall–Kier alpha value is -3.01. The van der Waals surface area contributed by atoms with E-state index in [4.69, 9.17) is 9.47 Å². The average molecular weight is 335 g/mol. The van der Waals surface area contributed by atoms with Crippen molar-refractivity contribution >= 4 is 5.97 Å². The second-order valence-electron chi connectivity index (χ2n) is 5.73. The van der Waals surface area contributed by atoms with E-state index in [0.717, 1.165) is 22.7 Å². The lowest BCUT2D eigenvalue weighted by atomic mass is 10.1. The Morgan fingerprint density at radius 3 is 2.28 bits per heavy atom. The first-order valence-electron chi connectivity index (χ1n) is 8.24. The van der Waals surface area contributed by atoms with Crippen molar-refractivity contribution in [1.29, 1.82) is 0 Å². The highest BCUT2D eigenvalue weighted by molar-refractivity contribution is 5.97. The molecule has 0 N–H and O–H groups in total. The maximum atomic E-state index is 12.4. The van der Waals surface area contributed by atoms with Crippen LogP contribution in [-0.4, -0.2) is 24.3 Å². The molecule has 0 saturated carbocycles. The fourth-order valence-corrected chi connectivity index (χ4v) is 2.77. The van der Waals surface area contributed by atoms with Crippen LogP contribution in [-0.2, 0) is 4.74 Å². The van der Waals surface area contributed by atoms with Gasteiger partial charge in [-0.15, -0.1) is 0 Å². The zero-order chi connectivity index (χ0) is 17.8. The third-order valence-corrected chi connectivity index (χ3v) is 4.06. The van der Waals surface area contributed by atoms with Gasteiger partial charge >= 0.3 is 5.97 Å². The smallest absolute Gasteiger partial charge is 0.340 e. The van der Waals surface area contributed by atoms with Crippen LogP contribution >= 0.6 is 0 Å². The van der Waals surface area contributed by atoms with Crippen LogP contribution in [0.1, 0.15) is 22.8 Å². The van der Waals surface area contributed by atoms with Gasteiger partial charge < -0.3 is 14.0 Å². The Kier molecular flexibility index (Phi) is 4.89. The monoisotopic (exact) mass is 335 g/mol. The topological polar surface area (TPSA) is 40.5 Å². The molecular weight excluding hydrogens is 314 g/mol. The third-order valence-electron chi connectivity index (χ3n) is 4.06. The minimum Gasteiger partial charge on any atom is -0.497 e. The summed E-state index contributed by atoms with van der Waals surface area (Å²) < 4.78 is 12.5. The molecule has 25 heavy (non-hydrogen) atoms. The van der Waals surface area contributed by atoms with E-state index in [1.54, 1.807) is 13.2 Å². The number of ether oxygens (including phenoxy) is 2. The highest BCUT2D eigenvalue weighted by Gasteiger charge is 2.19. The van der Waals surface area contributed by atoms with Gasteiger partial charge in [0.05, 0.1) is 25.0 Å². The molecule has 0 aliphatic heterocycles. The second kappa shape index (κ2) is 7.26. The van der Waals surface area contributed by atoms with E-state index in [2.05, 4.69) is 12.1 Å². The van der Waals surface area contributed by atoms with Crippen LogP contribution in [0.3, 0.4) is 0 Å². The van der Waals surface area contributed by atoms with Crippen LogP contribution in [0.15, 0.2) is 60.8 Å². The zero-order valence-electron chi connectivity index (χ0n) is 14.7. The fraction of sp³-hybridized carbons (Fsp3) is 0.190. The van der Waals surface area contributed by atoms with Crippen molar-refractivity contribution < 1.29 is 14.3 Å². The molecule has 4 heteroatoms. The van der Waals surface area contributed by atoms with Gasteiger partial charge in [0.2, 0.25) is 0 Å². The van der Waals surface area contributed by atoms with Crippen molar-refractivity contribution in [3.05, 3.63) is 71.9 Å². The first-order valence-corrected chi connectivity index (χ1v) is 8.24. The lowest BCUT2D eigenvalue weighted by Crippen LogP contribution is -2.06. The van der Waals surface area contributed by atoms with Crippen molar-refractivity contribution in [3.63, 3.8) is 0 Å². The van der Waals surface area contributed by atoms with Crippen LogP contribution in [0.2, 0.25) is 0 Å². The highest BCUT2D eigenvalue weighted by atomic mass is 16.5. The van der Waals surface area contributed by atoms with Gasteiger partial charge in [0.15, 0.2) is 0 Å². The number of esters is 1. The first kappa shape index (κ1) is 16.8. The summed E-state index contributed by atoms with van der Waals surface area (Å²) >= 11 is 0. The molecule has 1 heterocycles. The number of carbonyl (C=O) groups is 1. The Balaban J connectivity index is 2.15. The van der Waals surface area contributed by atoms with E-state index < -0.39 is 0 Å². The van der Waals surface area contributed by atoms with E-state index in [0.29, 0.717) is 12.2 Å². The summed E-state index contributed by atoms with van der Waals surface area (Å²) in [5.74, 6) is 0.453. The van der Waals surface area contributed by atoms with Crippen LogP contribution in [0.25, 0.3) is 16.9 Å². The fourth-order valence-electron chi connectivity index (χ4n) is 2.77. The molecule has 0 aliphatic carbocycles. The minimum atomic E-state index is -0.320. The number of hydrogen-bond donors (Lipinski definition) is 0. The van der Waals surface area contributed by atoms with Gasteiger partial charge in [-0.25, -0.2) is 4.79 Å². The van der Waals surface area contributed by atoms with Crippen molar-refractivity contribution in [2.24, 2.45) is 0 Å². The first-order chi connectivity index (χ1) is 12.1. The largest absolute Gasteiger partial charge is 0.497 e. The van der Waals surface area contributed by atoms with Gasteiger partial charge in [-0.05, 0) is 61.9 Å². The van der Waals surface area contributed by atoms with Crippen molar-refractivity contribution in [2.45, 2.75) is 13.8 Å². The minimum absolute atomic E-state index is 0.320. The number of carbonyl (C=O) groups excluding carboxylic acids is 1. The number of nitrogens with zero attached hydrogens (tertiary/aromatic N) is 1. The standard InChI is InChI=1S/C21H21NO3/c1-4-25-21(23)19-13-14-22(17-9-5-15(2)6-10-17)20(19)16-7-11-18(24-3)12-8-16/h5-14H,4H2,1-3H3. The number of hydrogen-bond acceptors (Lipinski definition) is 3. The molecule has 128 valence electrons. The summed E-state index contributed by atoms with van der Waals surface area (Å²) in [6.07, 6.45) is 1.90. The zero-order valence-corrected chi connectivity index (χ0v) is 14.7. The molecule has 0 fully saturated rings. The van der Waals surface area contributed by atoms with Crippen LogP contribution < -0.4 is 4.74 Å². The highest BCUT2D eigenvalue weighted by Crippen LogP contribution is 2.30. The molecule has 0 bridgehead atoms. The molecular formula is C21H21NO3.